The zero-order chi connectivity index (χ0) is 13.0. The Hall–Kier alpha value is -1.88. The number of hydrogen-bond acceptors (Lipinski definition) is 4. The van der Waals surface area contributed by atoms with Crippen LogP contribution in [0, 0.1) is 0 Å². The average Bonchev–Trinajstić information content (AvgIpc) is 2.40. The first kappa shape index (κ1) is 12.6. The lowest BCUT2D eigenvalue weighted by Crippen LogP contribution is -2.36. The number of benzene rings is 1. The molecule has 5 heteroatoms. The predicted molar refractivity (Wildman–Crippen MR) is 69.2 cm³/mol. The maximum atomic E-state index is 11.3. The molecule has 1 saturated heterocycles. The lowest BCUT2D eigenvalue weighted by molar-refractivity contribution is -0.105. The van der Waals surface area contributed by atoms with Gasteiger partial charge in [-0.05, 0) is 25.1 Å². The zero-order valence-electron chi connectivity index (χ0n) is 10.3. The molecule has 1 aromatic rings. The van der Waals surface area contributed by atoms with Crippen molar-refractivity contribution in [2.45, 2.75) is 6.92 Å². The van der Waals surface area contributed by atoms with Crippen molar-refractivity contribution in [3.63, 3.8) is 0 Å². The number of amides is 1. The van der Waals surface area contributed by atoms with E-state index in [0.29, 0.717) is 30.9 Å². The summed E-state index contributed by atoms with van der Waals surface area (Å²) in [4.78, 5) is 24.1. The summed E-state index contributed by atoms with van der Waals surface area (Å²) < 4.78 is 5.30. The maximum Gasteiger partial charge on any atom is 0.211 e. The fourth-order valence-electron chi connectivity index (χ4n) is 2.01. The average molecular weight is 248 g/mol. The number of nitrogens with one attached hydrogen (secondary N) is 1. The van der Waals surface area contributed by atoms with E-state index in [1.54, 1.807) is 12.1 Å². The van der Waals surface area contributed by atoms with Gasteiger partial charge in [0.25, 0.3) is 0 Å². The first-order valence-electron chi connectivity index (χ1n) is 5.90. The summed E-state index contributed by atoms with van der Waals surface area (Å²) in [5, 5.41) is 2.65. The van der Waals surface area contributed by atoms with E-state index in [1.165, 1.54) is 6.92 Å². The Bertz CT molecular complexity index is 454. The van der Waals surface area contributed by atoms with Gasteiger partial charge in [0.2, 0.25) is 6.41 Å². The molecule has 1 aromatic carbocycles. The van der Waals surface area contributed by atoms with E-state index >= 15 is 0 Å². The smallest absolute Gasteiger partial charge is 0.211 e. The van der Waals surface area contributed by atoms with Crippen molar-refractivity contribution < 1.29 is 14.3 Å². The molecule has 18 heavy (non-hydrogen) atoms. The normalized spacial score (nSPS) is 15.3. The van der Waals surface area contributed by atoms with Crippen molar-refractivity contribution in [2.24, 2.45) is 0 Å². The standard InChI is InChI=1S/C13H16N2O3/c1-10(17)11-2-3-13(12(8-11)14-9-16)15-4-6-18-7-5-15/h2-3,8-9H,4-7H2,1H3,(H,14,16). The van der Waals surface area contributed by atoms with Crippen molar-refractivity contribution in [2.75, 3.05) is 36.5 Å². The van der Waals surface area contributed by atoms with E-state index in [9.17, 15) is 9.59 Å². The number of ether oxygens (including phenoxy) is 1. The van der Waals surface area contributed by atoms with Crippen LogP contribution >= 0.6 is 0 Å². The maximum absolute atomic E-state index is 11.3. The van der Waals surface area contributed by atoms with Crippen LogP contribution in [-0.2, 0) is 9.53 Å². The molecule has 1 N–H and O–H groups in total. The summed E-state index contributed by atoms with van der Waals surface area (Å²) in [6.45, 7) is 4.43. The van der Waals surface area contributed by atoms with E-state index < -0.39 is 0 Å². The molecule has 2 rings (SSSR count). The summed E-state index contributed by atoms with van der Waals surface area (Å²) in [7, 11) is 0. The third kappa shape index (κ3) is 2.68. The van der Waals surface area contributed by atoms with Crippen molar-refractivity contribution in [3.8, 4) is 0 Å². The molecular weight excluding hydrogens is 232 g/mol. The van der Waals surface area contributed by atoms with Crippen LogP contribution in [0.2, 0.25) is 0 Å². The lowest BCUT2D eigenvalue weighted by atomic mass is 10.1. The first-order chi connectivity index (χ1) is 8.72. The first-order valence-corrected chi connectivity index (χ1v) is 5.90. The van der Waals surface area contributed by atoms with Gasteiger partial charge in [-0.2, -0.15) is 0 Å². The van der Waals surface area contributed by atoms with Crippen molar-refractivity contribution in [1.29, 1.82) is 0 Å². The monoisotopic (exact) mass is 248 g/mol. The molecule has 1 aliphatic heterocycles. The Morgan fingerprint density at radius 3 is 2.72 bits per heavy atom. The van der Waals surface area contributed by atoms with Crippen LogP contribution in [0.15, 0.2) is 18.2 Å². The molecule has 0 aromatic heterocycles. The quantitative estimate of drug-likeness (QED) is 0.644. The summed E-state index contributed by atoms with van der Waals surface area (Å²) in [5.74, 6) is -0.0162. The highest BCUT2D eigenvalue weighted by atomic mass is 16.5. The number of carbonyl (C=O) groups excluding carboxylic acids is 2. The number of morpholine rings is 1. The van der Waals surface area contributed by atoms with Crippen LogP contribution in [0.4, 0.5) is 11.4 Å². The van der Waals surface area contributed by atoms with Gasteiger partial charge >= 0.3 is 0 Å². The number of nitrogens with zero attached hydrogens (tertiary/aromatic N) is 1. The molecule has 5 nitrogen and oxygen atoms in total. The van der Waals surface area contributed by atoms with Gasteiger partial charge in [-0.15, -0.1) is 0 Å². The largest absolute Gasteiger partial charge is 0.378 e. The fraction of sp³-hybridized carbons (Fsp3) is 0.385. The molecule has 0 unspecified atom stereocenters. The van der Waals surface area contributed by atoms with Gasteiger partial charge in [0.1, 0.15) is 0 Å². The second-order valence-corrected chi connectivity index (χ2v) is 4.15. The molecule has 0 atom stereocenters. The molecule has 1 amide bonds. The molecule has 0 radical (unpaired) electrons. The van der Waals surface area contributed by atoms with Crippen LogP contribution < -0.4 is 10.2 Å². The lowest BCUT2D eigenvalue weighted by Gasteiger charge is -2.30. The topological polar surface area (TPSA) is 58.6 Å². The Balaban J connectivity index is 2.32. The van der Waals surface area contributed by atoms with Gasteiger partial charge in [0.15, 0.2) is 5.78 Å². The third-order valence-corrected chi connectivity index (χ3v) is 2.97. The second kappa shape index (κ2) is 5.64. The highest BCUT2D eigenvalue weighted by Gasteiger charge is 2.15. The van der Waals surface area contributed by atoms with Crippen LogP contribution in [0.25, 0.3) is 0 Å². The van der Waals surface area contributed by atoms with E-state index in [-0.39, 0.29) is 5.78 Å². The van der Waals surface area contributed by atoms with E-state index in [4.69, 9.17) is 4.74 Å². The summed E-state index contributed by atoms with van der Waals surface area (Å²) in [5.41, 5.74) is 2.19. The van der Waals surface area contributed by atoms with Gasteiger partial charge in [-0.1, -0.05) is 0 Å². The van der Waals surface area contributed by atoms with Crippen molar-refractivity contribution in [1.82, 2.24) is 0 Å². The van der Waals surface area contributed by atoms with E-state index in [2.05, 4.69) is 10.2 Å². The minimum atomic E-state index is -0.0162. The van der Waals surface area contributed by atoms with E-state index in [1.807, 2.05) is 6.07 Å². The number of carbonyl (C=O) groups is 2. The summed E-state index contributed by atoms with van der Waals surface area (Å²) in [6, 6.07) is 5.36. The molecule has 0 spiro atoms. The van der Waals surface area contributed by atoms with Crippen LogP contribution in [0.3, 0.4) is 0 Å². The Kier molecular flexibility index (Phi) is 3.94. The SMILES string of the molecule is CC(=O)c1ccc(N2CCOCC2)c(NC=O)c1. The van der Waals surface area contributed by atoms with E-state index in [0.717, 1.165) is 18.8 Å². The molecule has 0 aliphatic carbocycles. The minimum Gasteiger partial charge on any atom is -0.378 e. The zero-order valence-corrected chi connectivity index (χ0v) is 10.3. The molecule has 1 heterocycles. The molecule has 0 bridgehead atoms. The predicted octanol–water partition coefficient (Wildman–Crippen LogP) is 1.29. The number of anilines is 2. The molecule has 0 saturated carbocycles. The highest BCUT2D eigenvalue weighted by Crippen LogP contribution is 2.27. The van der Waals surface area contributed by atoms with Crippen molar-refractivity contribution in [3.05, 3.63) is 23.8 Å². The minimum absolute atomic E-state index is 0.0162. The van der Waals surface area contributed by atoms with Gasteiger partial charge in [0, 0.05) is 18.7 Å². The third-order valence-electron chi connectivity index (χ3n) is 2.97. The second-order valence-electron chi connectivity index (χ2n) is 4.15. The molecular formula is C13H16N2O3. The number of ketones is 1. The summed E-state index contributed by atoms with van der Waals surface area (Å²) in [6.07, 6.45) is 0.628. The van der Waals surface area contributed by atoms with Gasteiger partial charge in [0.05, 0.1) is 24.6 Å². The van der Waals surface area contributed by atoms with Gasteiger partial charge < -0.3 is 15.0 Å². The van der Waals surface area contributed by atoms with Crippen LogP contribution in [-0.4, -0.2) is 38.5 Å². The van der Waals surface area contributed by atoms with Gasteiger partial charge in [-0.25, -0.2) is 0 Å². The Morgan fingerprint density at radius 1 is 1.39 bits per heavy atom. The fourth-order valence-corrected chi connectivity index (χ4v) is 2.01. The highest BCUT2D eigenvalue weighted by molar-refractivity contribution is 5.97. The number of hydrogen-bond donors (Lipinski definition) is 1. The molecule has 96 valence electrons. The molecule has 1 aliphatic rings. The number of Topliss-reactive ketones (excluding diaryl/α,β-unsaturated/α-hetero) is 1. The van der Waals surface area contributed by atoms with Crippen LogP contribution in [0.1, 0.15) is 17.3 Å². The summed E-state index contributed by atoms with van der Waals surface area (Å²) >= 11 is 0. The Labute approximate surface area is 106 Å². The van der Waals surface area contributed by atoms with Crippen LogP contribution in [0.5, 0.6) is 0 Å². The van der Waals surface area contributed by atoms with Gasteiger partial charge in [-0.3, -0.25) is 9.59 Å². The Morgan fingerprint density at radius 2 is 2.11 bits per heavy atom. The van der Waals surface area contributed by atoms with Crippen molar-refractivity contribution >= 4 is 23.6 Å². The number of rotatable bonds is 4. The molecule has 1 fully saturated rings.